The smallest absolute Gasteiger partial charge is 0.265 e. The van der Waals surface area contributed by atoms with Gasteiger partial charge in [0.1, 0.15) is 0 Å². The van der Waals surface area contributed by atoms with Gasteiger partial charge < -0.3 is 16.3 Å². The minimum Gasteiger partial charge on any atom is -0.409 e. The summed E-state index contributed by atoms with van der Waals surface area (Å²) in [5, 5.41) is 16.1. The van der Waals surface area contributed by atoms with Crippen molar-refractivity contribution in [2.45, 2.75) is 0 Å². The van der Waals surface area contributed by atoms with Crippen LogP contribution in [-0.4, -0.2) is 17.0 Å². The SMILES string of the molecule is N/C(=N/O)c1ccc(NC(=O)c2cccs2)c(Br)c1. The largest absolute Gasteiger partial charge is 0.409 e. The van der Waals surface area contributed by atoms with Gasteiger partial charge in [0.2, 0.25) is 0 Å². The van der Waals surface area contributed by atoms with Gasteiger partial charge in [-0.05, 0) is 45.6 Å². The monoisotopic (exact) mass is 339 g/mol. The number of nitrogens with two attached hydrogens (primary N) is 1. The number of carbonyl (C=O) groups excluding carboxylic acids is 1. The first-order chi connectivity index (χ1) is 9.11. The molecule has 0 aliphatic rings. The molecule has 0 saturated carbocycles. The molecule has 19 heavy (non-hydrogen) atoms. The molecule has 1 aromatic heterocycles. The predicted octanol–water partition coefficient (Wildman–Crippen LogP) is 2.86. The van der Waals surface area contributed by atoms with Crippen molar-refractivity contribution in [1.82, 2.24) is 0 Å². The van der Waals surface area contributed by atoms with Gasteiger partial charge >= 0.3 is 0 Å². The van der Waals surface area contributed by atoms with Crippen LogP contribution in [-0.2, 0) is 0 Å². The van der Waals surface area contributed by atoms with E-state index in [1.54, 1.807) is 24.3 Å². The predicted molar refractivity (Wildman–Crippen MR) is 78.9 cm³/mol. The van der Waals surface area contributed by atoms with Gasteiger partial charge in [-0.25, -0.2) is 0 Å². The minimum atomic E-state index is -0.174. The topological polar surface area (TPSA) is 87.7 Å². The van der Waals surface area contributed by atoms with Gasteiger partial charge in [0.05, 0.1) is 10.6 Å². The normalized spacial score (nSPS) is 11.3. The fourth-order valence-electron chi connectivity index (χ4n) is 1.43. The fourth-order valence-corrected chi connectivity index (χ4v) is 2.52. The summed E-state index contributed by atoms with van der Waals surface area (Å²) in [6.45, 7) is 0. The summed E-state index contributed by atoms with van der Waals surface area (Å²) >= 11 is 4.70. The Hall–Kier alpha value is -1.86. The van der Waals surface area contributed by atoms with Crippen molar-refractivity contribution < 1.29 is 10.0 Å². The summed E-state index contributed by atoms with van der Waals surface area (Å²) in [7, 11) is 0. The fraction of sp³-hybridized carbons (Fsp3) is 0. The lowest BCUT2D eigenvalue weighted by molar-refractivity contribution is 0.103. The molecule has 0 spiro atoms. The molecule has 0 aliphatic heterocycles. The minimum absolute atomic E-state index is 0.0110. The summed E-state index contributed by atoms with van der Waals surface area (Å²) in [6.07, 6.45) is 0. The van der Waals surface area contributed by atoms with Gasteiger partial charge in [-0.15, -0.1) is 11.3 Å². The summed E-state index contributed by atoms with van der Waals surface area (Å²) < 4.78 is 0.654. The van der Waals surface area contributed by atoms with Crippen LogP contribution in [0.25, 0.3) is 0 Å². The zero-order valence-corrected chi connectivity index (χ0v) is 12.0. The number of hydrogen-bond acceptors (Lipinski definition) is 4. The van der Waals surface area contributed by atoms with Crippen LogP contribution in [0.5, 0.6) is 0 Å². The average molecular weight is 340 g/mol. The van der Waals surface area contributed by atoms with E-state index >= 15 is 0 Å². The van der Waals surface area contributed by atoms with Gasteiger partial charge in [-0.1, -0.05) is 11.2 Å². The third-order valence-electron chi connectivity index (χ3n) is 2.37. The summed E-state index contributed by atoms with van der Waals surface area (Å²) in [4.78, 5) is 12.5. The number of halogens is 1. The molecule has 0 saturated heterocycles. The second-order valence-corrected chi connectivity index (χ2v) is 5.41. The molecule has 1 heterocycles. The Balaban J connectivity index is 2.20. The van der Waals surface area contributed by atoms with Crippen molar-refractivity contribution in [3.63, 3.8) is 0 Å². The molecule has 0 fully saturated rings. The molecule has 98 valence electrons. The molecule has 4 N–H and O–H groups in total. The van der Waals surface area contributed by atoms with E-state index in [0.717, 1.165) is 0 Å². The Morgan fingerprint density at radius 1 is 1.42 bits per heavy atom. The van der Waals surface area contributed by atoms with Gasteiger partial charge in [-0.2, -0.15) is 0 Å². The molecule has 0 aliphatic carbocycles. The Labute approximate surface area is 121 Å². The van der Waals surface area contributed by atoms with Crippen LogP contribution >= 0.6 is 27.3 Å². The number of hydrogen-bond donors (Lipinski definition) is 3. The van der Waals surface area contributed by atoms with Crippen molar-refractivity contribution in [3.05, 3.63) is 50.6 Å². The highest BCUT2D eigenvalue weighted by atomic mass is 79.9. The van der Waals surface area contributed by atoms with Crippen molar-refractivity contribution in [2.75, 3.05) is 5.32 Å². The van der Waals surface area contributed by atoms with Crippen LogP contribution in [0.3, 0.4) is 0 Å². The first kappa shape index (κ1) is 13.6. The maximum atomic E-state index is 11.9. The number of anilines is 1. The maximum absolute atomic E-state index is 11.9. The zero-order chi connectivity index (χ0) is 13.8. The first-order valence-electron chi connectivity index (χ1n) is 5.24. The van der Waals surface area contributed by atoms with Crippen molar-refractivity contribution >= 4 is 44.7 Å². The van der Waals surface area contributed by atoms with E-state index in [1.165, 1.54) is 11.3 Å². The number of rotatable bonds is 3. The molecule has 0 bridgehead atoms. The van der Waals surface area contributed by atoms with E-state index in [0.29, 0.717) is 20.6 Å². The Morgan fingerprint density at radius 2 is 2.21 bits per heavy atom. The van der Waals surface area contributed by atoms with E-state index in [9.17, 15) is 4.79 Å². The Bertz CT molecular complexity index is 626. The lowest BCUT2D eigenvalue weighted by Gasteiger charge is -2.08. The third kappa shape index (κ3) is 3.12. The van der Waals surface area contributed by atoms with Crippen LogP contribution in [0, 0.1) is 0 Å². The van der Waals surface area contributed by atoms with E-state index in [1.807, 2.05) is 11.4 Å². The van der Waals surface area contributed by atoms with Crippen molar-refractivity contribution in [2.24, 2.45) is 10.9 Å². The number of carbonyl (C=O) groups is 1. The first-order valence-corrected chi connectivity index (χ1v) is 6.91. The molecule has 2 rings (SSSR count). The molecule has 2 aromatic rings. The lowest BCUT2D eigenvalue weighted by Crippen LogP contribution is -2.14. The van der Waals surface area contributed by atoms with E-state index in [4.69, 9.17) is 10.9 Å². The molecular formula is C12H10BrN3O2S. The average Bonchev–Trinajstić information content (AvgIpc) is 2.94. The standard InChI is InChI=1S/C12H10BrN3O2S/c13-8-6-7(11(14)16-18)3-4-9(8)15-12(17)10-2-1-5-19-10/h1-6,18H,(H2,14,16)(H,15,17). The number of nitrogens with zero attached hydrogens (tertiary/aromatic N) is 1. The van der Waals surface area contributed by atoms with Gasteiger partial charge in [-0.3, -0.25) is 4.79 Å². The molecule has 0 atom stereocenters. The van der Waals surface area contributed by atoms with Gasteiger partial charge in [0.15, 0.2) is 5.84 Å². The second kappa shape index (κ2) is 5.85. The quantitative estimate of drug-likeness (QED) is 0.347. The molecule has 1 aromatic carbocycles. The number of amidine groups is 1. The molecule has 0 radical (unpaired) electrons. The van der Waals surface area contributed by atoms with Gasteiger partial charge in [0, 0.05) is 10.0 Å². The summed E-state index contributed by atoms with van der Waals surface area (Å²) in [6, 6.07) is 8.57. The molecule has 7 heteroatoms. The number of nitrogens with one attached hydrogen (secondary N) is 1. The zero-order valence-electron chi connectivity index (χ0n) is 9.63. The lowest BCUT2D eigenvalue weighted by atomic mass is 10.2. The third-order valence-corrected chi connectivity index (χ3v) is 3.89. The van der Waals surface area contributed by atoms with E-state index < -0.39 is 0 Å². The molecule has 0 unspecified atom stereocenters. The van der Waals surface area contributed by atoms with Crippen molar-refractivity contribution in [3.8, 4) is 0 Å². The Kier molecular flexibility index (Phi) is 4.18. The Morgan fingerprint density at radius 3 is 2.79 bits per heavy atom. The van der Waals surface area contributed by atoms with Crippen LogP contribution < -0.4 is 11.1 Å². The van der Waals surface area contributed by atoms with Gasteiger partial charge in [0.25, 0.3) is 5.91 Å². The second-order valence-electron chi connectivity index (χ2n) is 3.61. The summed E-state index contributed by atoms with van der Waals surface area (Å²) in [5.41, 5.74) is 6.66. The molecule has 1 amide bonds. The number of oxime groups is 1. The highest BCUT2D eigenvalue weighted by Crippen LogP contribution is 2.24. The van der Waals surface area contributed by atoms with E-state index in [2.05, 4.69) is 26.4 Å². The van der Waals surface area contributed by atoms with Crippen LogP contribution in [0.2, 0.25) is 0 Å². The van der Waals surface area contributed by atoms with Crippen molar-refractivity contribution in [1.29, 1.82) is 0 Å². The maximum Gasteiger partial charge on any atom is 0.265 e. The van der Waals surface area contributed by atoms with Crippen LogP contribution in [0.1, 0.15) is 15.2 Å². The van der Waals surface area contributed by atoms with Crippen LogP contribution in [0.15, 0.2) is 45.3 Å². The number of thiophene rings is 1. The number of amides is 1. The highest BCUT2D eigenvalue weighted by molar-refractivity contribution is 9.10. The molecule has 5 nitrogen and oxygen atoms in total. The summed E-state index contributed by atoms with van der Waals surface area (Å²) in [5.74, 6) is -0.163. The number of benzene rings is 1. The highest BCUT2D eigenvalue weighted by Gasteiger charge is 2.10. The van der Waals surface area contributed by atoms with Crippen LogP contribution in [0.4, 0.5) is 5.69 Å². The molecular weight excluding hydrogens is 330 g/mol. The van der Waals surface area contributed by atoms with E-state index in [-0.39, 0.29) is 11.7 Å².